The first-order chi connectivity index (χ1) is 11.4. The molecule has 1 aromatic heterocycles. The van der Waals surface area contributed by atoms with Gasteiger partial charge in [-0.15, -0.1) is 0 Å². The maximum atomic E-state index is 5.97. The van der Waals surface area contributed by atoms with Gasteiger partial charge in [0.2, 0.25) is 5.95 Å². The van der Waals surface area contributed by atoms with Crippen LogP contribution in [0.2, 0.25) is 0 Å². The largest absolute Gasteiger partial charge is 0.491 e. The summed E-state index contributed by atoms with van der Waals surface area (Å²) in [6, 6.07) is 6.41. The Morgan fingerprint density at radius 1 is 1.00 bits per heavy atom. The minimum atomic E-state index is 0.146. The lowest BCUT2D eigenvalue weighted by Gasteiger charge is -2.19. The fourth-order valence-electron chi connectivity index (χ4n) is 2.48. The molecule has 0 saturated heterocycles. The first kappa shape index (κ1) is 18.2. The number of hydrogen-bond donors (Lipinski definition) is 1. The molecule has 0 saturated carbocycles. The van der Waals surface area contributed by atoms with Crippen LogP contribution < -0.4 is 10.1 Å². The molecule has 5 nitrogen and oxygen atoms in total. The van der Waals surface area contributed by atoms with Gasteiger partial charge in [-0.05, 0) is 50.5 Å². The van der Waals surface area contributed by atoms with Crippen LogP contribution in [0.3, 0.4) is 0 Å². The van der Waals surface area contributed by atoms with Gasteiger partial charge in [-0.3, -0.25) is 0 Å². The quantitative estimate of drug-likeness (QED) is 0.826. The molecule has 1 heterocycles. The fourth-order valence-corrected chi connectivity index (χ4v) is 2.48. The highest BCUT2D eigenvalue weighted by molar-refractivity contribution is 5.33. The zero-order valence-electron chi connectivity index (χ0n) is 15.6. The van der Waals surface area contributed by atoms with Gasteiger partial charge >= 0.3 is 0 Å². The van der Waals surface area contributed by atoms with Crippen molar-refractivity contribution in [3.05, 3.63) is 41.0 Å². The molecule has 1 aromatic carbocycles. The molecule has 0 aliphatic heterocycles. The molecule has 0 aliphatic rings. The Kier molecular flexibility index (Phi) is 6.12. The standard InChI is InChI=1S/C19H28N4O/c1-7-16(11-24-17-9-13(4)8-14(5)10-17)22-19-21-15(6)20-18(23-19)12(2)3/h8-10,12,16H,7,11H2,1-6H3,(H,20,21,22,23). The minimum absolute atomic E-state index is 0.146. The Morgan fingerprint density at radius 3 is 2.25 bits per heavy atom. The van der Waals surface area contributed by atoms with Crippen LogP contribution in [0.1, 0.15) is 55.9 Å². The predicted molar refractivity (Wildman–Crippen MR) is 97.8 cm³/mol. The van der Waals surface area contributed by atoms with Gasteiger partial charge in [0.15, 0.2) is 0 Å². The molecule has 1 atom stereocenters. The van der Waals surface area contributed by atoms with Crippen LogP contribution in [0.5, 0.6) is 5.75 Å². The van der Waals surface area contributed by atoms with E-state index in [-0.39, 0.29) is 12.0 Å². The molecule has 0 fully saturated rings. The zero-order valence-corrected chi connectivity index (χ0v) is 15.6. The van der Waals surface area contributed by atoms with Gasteiger partial charge in [-0.1, -0.05) is 26.8 Å². The van der Waals surface area contributed by atoms with Crippen molar-refractivity contribution in [1.82, 2.24) is 15.0 Å². The Balaban J connectivity index is 2.04. The number of ether oxygens (including phenoxy) is 1. The van der Waals surface area contributed by atoms with Crippen LogP contribution >= 0.6 is 0 Å². The first-order valence-corrected chi connectivity index (χ1v) is 8.57. The second kappa shape index (κ2) is 8.08. The SMILES string of the molecule is CCC(COc1cc(C)cc(C)c1)Nc1nc(C)nc(C(C)C)n1. The van der Waals surface area contributed by atoms with E-state index < -0.39 is 0 Å². The molecule has 5 heteroatoms. The van der Waals surface area contributed by atoms with E-state index in [0.717, 1.165) is 23.8 Å². The van der Waals surface area contributed by atoms with Gasteiger partial charge in [0.1, 0.15) is 24.0 Å². The van der Waals surface area contributed by atoms with E-state index >= 15 is 0 Å². The molecule has 2 aromatic rings. The van der Waals surface area contributed by atoms with Gasteiger partial charge in [-0.25, -0.2) is 4.98 Å². The van der Waals surface area contributed by atoms with Crippen molar-refractivity contribution in [3.8, 4) is 5.75 Å². The Labute approximate surface area is 144 Å². The van der Waals surface area contributed by atoms with E-state index in [1.165, 1.54) is 11.1 Å². The molecule has 24 heavy (non-hydrogen) atoms. The Morgan fingerprint density at radius 2 is 1.67 bits per heavy atom. The lowest BCUT2D eigenvalue weighted by atomic mass is 10.1. The number of aromatic nitrogens is 3. The topological polar surface area (TPSA) is 59.9 Å². The van der Waals surface area contributed by atoms with E-state index in [2.05, 4.69) is 73.1 Å². The van der Waals surface area contributed by atoms with Gasteiger partial charge in [-0.2, -0.15) is 9.97 Å². The lowest BCUT2D eigenvalue weighted by molar-refractivity contribution is 0.293. The second-order valence-electron chi connectivity index (χ2n) is 6.60. The first-order valence-electron chi connectivity index (χ1n) is 8.57. The molecule has 2 rings (SSSR count). The summed E-state index contributed by atoms with van der Waals surface area (Å²) < 4.78 is 5.97. The number of anilines is 1. The molecule has 0 aliphatic carbocycles. The van der Waals surface area contributed by atoms with Gasteiger partial charge in [0.05, 0.1) is 6.04 Å². The molecule has 0 spiro atoms. The van der Waals surface area contributed by atoms with Crippen molar-refractivity contribution >= 4 is 5.95 Å². The molecular weight excluding hydrogens is 300 g/mol. The number of benzene rings is 1. The number of rotatable bonds is 7. The maximum Gasteiger partial charge on any atom is 0.226 e. The normalized spacial score (nSPS) is 12.3. The minimum Gasteiger partial charge on any atom is -0.491 e. The summed E-state index contributed by atoms with van der Waals surface area (Å²) in [5, 5.41) is 3.38. The van der Waals surface area contributed by atoms with E-state index in [1.807, 2.05) is 6.92 Å². The van der Waals surface area contributed by atoms with Crippen LogP contribution in [0.4, 0.5) is 5.95 Å². The molecule has 130 valence electrons. The summed E-state index contributed by atoms with van der Waals surface area (Å²) in [4.78, 5) is 13.3. The molecule has 0 radical (unpaired) electrons. The fraction of sp³-hybridized carbons (Fsp3) is 0.526. The number of nitrogens with zero attached hydrogens (tertiary/aromatic N) is 3. The molecule has 1 unspecified atom stereocenters. The highest BCUT2D eigenvalue weighted by Gasteiger charge is 2.12. The van der Waals surface area contributed by atoms with Crippen molar-refractivity contribution in [2.24, 2.45) is 0 Å². The van der Waals surface area contributed by atoms with Crippen LogP contribution in [0.25, 0.3) is 0 Å². The smallest absolute Gasteiger partial charge is 0.226 e. The lowest BCUT2D eigenvalue weighted by Crippen LogP contribution is -2.28. The van der Waals surface area contributed by atoms with Crippen LogP contribution in [0.15, 0.2) is 18.2 Å². The Hall–Kier alpha value is -2.17. The molecule has 0 amide bonds. The van der Waals surface area contributed by atoms with Crippen LogP contribution in [0, 0.1) is 20.8 Å². The molecule has 0 bridgehead atoms. The number of aryl methyl sites for hydroxylation is 3. The monoisotopic (exact) mass is 328 g/mol. The average Bonchev–Trinajstić information content (AvgIpc) is 2.49. The highest BCUT2D eigenvalue weighted by Crippen LogP contribution is 2.17. The van der Waals surface area contributed by atoms with Crippen molar-refractivity contribution < 1.29 is 4.74 Å². The third kappa shape index (κ3) is 5.18. The van der Waals surface area contributed by atoms with Crippen molar-refractivity contribution in [2.75, 3.05) is 11.9 Å². The average molecular weight is 328 g/mol. The summed E-state index contributed by atoms with van der Waals surface area (Å²) in [7, 11) is 0. The van der Waals surface area contributed by atoms with Gasteiger partial charge in [0, 0.05) is 5.92 Å². The van der Waals surface area contributed by atoms with Crippen LogP contribution in [-0.2, 0) is 0 Å². The van der Waals surface area contributed by atoms with E-state index in [1.54, 1.807) is 0 Å². The van der Waals surface area contributed by atoms with Crippen molar-refractivity contribution in [2.45, 2.75) is 59.9 Å². The number of nitrogens with one attached hydrogen (secondary N) is 1. The Bertz CT molecular complexity index is 665. The summed E-state index contributed by atoms with van der Waals surface area (Å²) >= 11 is 0. The number of hydrogen-bond acceptors (Lipinski definition) is 5. The van der Waals surface area contributed by atoms with Crippen molar-refractivity contribution in [3.63, 3.8) is 0 Å². The third-order valence-electron chi connectivity index (χ3n) is 3.75. The van der Waals surface area contributed by atoms with E-state index in [9.17, 15) is 0 Å². The van der Waals surface area contributed by atoms with E-state index in [4.69, 9.17) is 4.74 Å². The van der Waals surface area contributed by atoms with Crippen LogP contribution in [-0.4, -0.2) is 27.6 Å². The summed E-state index contributed by atoms with van der Waals surface area (Å²) in [6.07, 6.45) is 0.923. The molecule has 1 N–H and O–H groups in total. The summed E-state index contributed by atoms with van der Waals surface area (Å²) in [6.45, 7) is 12.9. The maximum absolute atomic E-state index is 5.97. The third-order valence-corrected chi connectivity index (χ3v) is 3.75. The van der Waals surface area contributed by atoms with Gasteiger partial charge < -0.3 is 10.1 Å². The predicted octanol–water partition coefficient (Wildman–Crippen LogP) is 4.19. The van der Waals surface area contributed by atoms with Gasteiger partial charge in [0.25, 0.3) is 0 Å². The summed E-state index contributed by atoms with van der Waals surface area (Å²) in [5.41, 5.74) is 2.42. The summed E-state index contributed by atoms with van der Waals surface area (Å²) in [5.74, 6) is 3.36. The second-order valence-corrected chi connectivity index (χ2v) is 6.60. The zero-order chi connectivity index (χ0) is 17.7. The van der Waals surface area contributed by atoms with E-state index in [0.29, 0.717) is 12.6 Å². The van der Waals surface area contributed by atoms with Crippen molar-refractivity contribution in [1.29, 1.82) is 0 Å². The molecular formula is C19H28N4O. The highest BCUT2D eigenvalue weighted by atomic mass is 16.5.